The third kappa shape index (κ3) is 3.20. The number of amidine groups is 1. The number of nitrogens with one attached hydrogen (secondary N) is 2. The summed E-state index contributed by atoms with van der Waals surface area (Å²) in [5.41, 5.74) is 2.36. The van der Waals surface area contributed by atoms with Crippen LogP contribution >= 0.6 is 0 Å². The molecule has 2 heterocycles. The zero-order chi connectivity index (χ0) is 15.4. The van der Waals surface area contributed by atoms with Crippen LogP contribution in [0.1, 0.15) is 18.9 Å². The van der Waals surface area contributed by atoms with Crippen LogP contribution in [0.2, 0.25) is 0 Å². The number of aliphatic imine (C=N–C) groups is 1. The SMILES string of the molecule is CC1CNCCN1C(=O)C1=NCCC(c2ccccc2)=CN1. The van der Waals surface area contributed by atoms with Crippen LogP contribution in [0.3, 0.4) is 0 Å². The van der Waals surface area contributed by atoms with Crippen molar-refractivity contribution in [3.63, 3.8) is 0 Å². The van der Waals surface area contributed by atoms with Crippen molar-refractivity contribution < 1.29 is 4.79 Å². The molecule has 1 saturated heterocycles. The smallest absolute Gasteiger partial charge is 0.289 e. The van der Waals surface area contributed by atoms with E-state index in [0.29, 0.717) is 12.4 Å². The first kappa shape index (κ1) is 14.8. The molecule has 5 nitrogen and oxygen atoms in total. The van der Waals surface area contributed by atoms with Gasteiger partial charge in [-0.05, 0) is 24.5 Å². The molecule has 2 aliphatic rings. The van der Waals surface area contributed by atoms with Crippen LogP contribution in [0, 0.1) is 0 Å². The average molecular weight is 298 g/mol. The lowest BCUT2D eigenvalue weighted by Crippen LogP contribution is -2.55. The van der Waals surface area contributed by atoms with Gasteiger partial charge in [-0.2, -0.15) is 0 Å². The fourth-order valence-electron chi connectivity index (χ4n) is 2.85. The second-order valence-electron chi connectivity index (χ2n) is 5.71. The third-order valence-corrected chi connectivity index (χ3v) is 4.14. The second-order valence-corrected chi connectivity index (χ2v) is 5.71. The highest BCUT2D eigenvalue weighted by Crippen LogP contribution is 2.18. The van der Waals surface area contributed by atoms with Crippen LogP contribution in [0.4, 0.5) is 0 Å². The normalized spacial score (nSPS) is 22.2. The summed E-state index contributed by atoms with van der Waals surface area (Å²) in [5.74, 6) is 0.458. The van der Waals surface area contributed by atoms with Gasteiger partial charge in [-0.25, -0.2) is 0 Å². The second kappa shape index (κ2) is 6.75. The van der Waals surface area contributed by atoms with Crippen molar-refractivity contribution in [2.75, 3.05) is 26.2 Å². The van der Waals surface area contributed by atoms with Gasteiger partial charge < -0.3 is 15.5 Å². The van der Waals surface area contributed by atoms with E-state index in [4.69, 9.17) is 0 Å². The highest BCUT2D eigenvalue weighted by Gasteiger charge is 2.26. The Labute approximate surface area is 131 Å². The number of piperazine rings is 1. The first-order valence-corrected chi connectivity index (χ1v) is 7.83. The van der Waals surface area contributed by atoms with Crippen LogP contribution in [0.25, 0.3) is 5.57 Å². The van der Waals surface area contributed by atoms with Crippen molar-refractivity contribution in [1.82, 2.24) is 15.5 Å². The monoisotopic (exact) mass is 298 g/mol. The molecule has 0 saturated carbocycles. The number of hydrogen-bond acceptors (Lipinski definition) is 4. The van der Waals surface area contributed by atoms with Crippen molar-refractivity contribution >= 4 is 17.3 Å². The van der Waals surface area contributed by atoms with Crippen molar-refractivity contribution in [3.8, 4) is 0 Å². The molecule has 0 radical (unpaired) electrons. The van der Waals surface area contributed by atoms with Crippen LogP contribution in [0.15, 0.2) is 41.5 Å². The number of hydrogen-bond donors (Lipinski definition) is 2. The molecule has 0 spiro atoms. The molecule has 1 amide bonds. The summed E-state index contributed by atoms with van der Waals surface area (Å²) in [6.45, 7) is 5.11. The Bertz CT molecular complexity index is 594. The summed E-state index contributed by atoms with van der Waals surface area (Å²) in [7, 11) is 0. The van der Waals surface area contributed by atoms with Gasteiger partial charge in [-0.1, -0.05) is 30.3 Å². The average Bonchev–Trinajstić information content (AvgIpc) is 2.81. The molecular formula is C17H22N4O. The first-order chi connectivity index (χ1) is 10.8. The summed E-state index contributed by atoms with van der Waals surface area (Å²) < 4.78 is 0. The first-order valence-electron chi connectivity index (χ1n) is 7.83. The number of rotatable bonds is 2. The lowest BCUT2D eigenvalue weighted by molar-refractivity contribution is -0.126. The van der Waals surface area contributed by atoms with Gasteiger partial charge in [0.1, 0.15) is 0 Å². The summed E-state index contributed by atoms with van der Waals surface area (Å²) >= 11 is 0. The maximum atomic E-state index is 12.6. The van der Waals surface area contributed by atoms with E-state index in [1.54, 1.807) is 0 Å². The number of carbonyl (C=O) groups is 1. The molecule has 1 unspecified atom stereocenters. The molecule has 2 N–H and O–H groups in total. The summed E-state index contributed by atoms with van der Waals surface area (Å²) in [5, 5.41) is 6.42. The molecule has 2 aliphatic heterocycles. The standard InChI is InChI=1S/C17H22N4O/c1-13-11-18-9-10-21(13)17(22)16-19-8-7-15(12-20-16)14-5-3-2-4-6-14/h2-6,12-13,18H,7-11H2,1H3,(H,19,20). The van der Waals surface area contributed by atoms with Gasteiger partial charge in [0.05, 0.1) is 0 Å². The summed E-state index contributed by atoms with van der Waals surface area (Å²) in [6, 6.07) is 10.4. The Morgan fingerprint density at radius 1 is 1.32 bits per heavy atom. The van der Waals surface area contributed by atoms with E-state index in [2.05, 4.69) is 34.7 Å². The number of amides is 1. The van der Waals surface area contributed by atoms with Gasteiger partial charge in [-0.3, -0.25) is 9.79 Å². The van der Waals surface area contributed by atoms with Gasteiger partial charge in [0.15, 0.2) is 5.84 Å². The van der Waals surface area contributed by atoms with E-state index >= 15 is 0 Å². The van der Waals surface area contributed by atoms with Gasteiger partial charge in [0, 0.05) is 38.4 Å². The fraction of sp³-hybridized carbons (Fsp3) is 0.412. The van der Waals surface area contributed by atoms with Gasteiger partial charge >= 0.3 is 0 Å². The number of carbonyl (C=O) groups excluding carboxylic acids is 1. The van der Waals surface area contributed by atoms with Crippen LogP contribution in [-0.4, -0.2) is 48.9 Å². The highest BCUT2D eigenvalue weighted by molar-refractivity contribution is 6.38. The van der Waals surface area contributed by atoms with Gasteiger partial charge in [0.25, 0.3) is 5.91 Å². The lowest BCUT2D eigenvalue weighted by atomic mass is 10.0. The lowest BCUT2D eigenvalue weighted by Gasteiger charge is -2.34. The molecule has 0 bridgehead atoms. The Morgan fingerprint density at radius 3 is 2.91 bits per heavy atom. The third-order valence-electron chi connectivity index (χ3n) is 4.14. The Hall–Kier alpha value is -2.14. The molecule has 1 aromatic rings. The minimum atomic E-state index is -0.000406. The summed E-state index contributed by atoms with van der Waals surface area (Å²) in [6.07, 6.45) is 2.76. The minimum Gasteiger partial charge on any atom is -0.342 e. The van der Waals surface area contributed by atoms with Crippen LogP contribution in [0.5, 0.6) is 0 Å². The van der Waals surface area contributed by atoms with E-state index in [1.165, 1.54) is 11.1 Å². The van der Waals surface area contributed by atoms with Crippen molar-refractivity contribution in [3.05, 3.63) is 42.1 Å². The van der Waals surface area contributed by atoms with E-state index in [-0.39, 0.29) is 11.9 Å². The van der Waals surface area contributed by atoms with Gasteiger partial charge in [0.2, 0.25) is 0 Å². The molecule has 5 heteroatoms. The Kier molecular flexibility index (Phi) is 4.53. The zero-order valence-electron chi connectivity index (χ0n) is 12.9. The molecule has 1 fully saturated rings. The Morgan fingerprint density at radius 2 is 2.14 bits per heavy atom. The predicted octanol–water partition coefficient (Wildman–Crippen LogP) is 1.24. The molecule has 3 rings (SSSR count). The molecule has 1 aromatic carbocycles. The summed E-state index contributed by atoms with van der Waals surface area (Å²) in [4.78, 5) is 19.0. The maximum Gasteiger partial charge on any atom is 0.289 e. The van der Waals surface area contributed by atoms with Crippen molar-refractivity contribution in [1.29, 1.82) is 0 Å². The number of nitrogens with zero attached hydrogens (tertiary/aromatic N) is 2. The largest absolute Gasteiger partial charge is 0.342 e. The topological polar surface area (TPSA) is 56.7 Å². The Balaban J connectivity index is 1.72. The van der Waals surface area contributed by atoms with E-state index in [0.717, 1.165) is 26.1 Å². The minimum absolute atomic E-state index is 0.000406. The fourth-order valence-corrected chi connectivity index (χ4v) is 2.85. The molecular weight excluding hydrogens is 276 g/mol. The van der Waals surface area contributed by atoms with E-state index in [9.17, 15) is 4.79 Å². The predicted molar refractivity (Wildman–Crippen MR) is 88.5 cm³/mol. The molecule has 0 aromatic heterocycles. The molecule has 22 heavy (non-hydrogen) atoms. The zero-order valence-corrected chi connectivity index (χ0v) is 12.9. The molecule has 116 valence electrons. The van der Waals surface area contributed by atoms with E-state index in [1.807, 2.05) is 29.3 Å². The van der Waals surface area contributed by atoms with Crippen molar-refractivity contribution in [2.45, 2.75) is 19.4 Å². The molecule has 1 atom stereocenters. The van der Waals surface area contributed by atoms with Crippen LogP contribution < -0.4 is 10.6 Å². The highest BCUT2D eigenvalue weighted by atomic mass is 16.2. The quantitative estimate of drug-likeness (QED) is 0.864. The van der Waals surface area contributed by atoms with Crippen LogP contribution in [-0.2, 0) is 4.79 Å². The molecule has 0 aliphatic carbocycles. The number of benzene rings is 1. The van der Waals surface area contributed by atoms with E-state index < -0.39 is 0 Å². The maximum absolute atomic E-state index is 12.6. The van der Waals surface area contributed by atoms with Gasteiger partial charge in [-0.15, -0.1) is 0 Å². The van der Waals surface area contributed by atoms with Crippen molar-refractivity contribution in [2.24, 2.45) is 4.99 Å².